The van der Waals surface area contributed by atoms with E-state index >= 15 is 0 Å². The number of sulfonamides is 1. The highest BCUT2D eigenvalue weighted by Crippen LogP contribution is 2.14. The Hall–Kier alpha value is -0.670. The van der Waals surface area contributed by atoms with Crippen LogP contribution in [0.15, 0.2) is 33.6 Å². The molecule has 1 aromatic rings. The summed E-state index contributed by atoms with van der Waals surface area (Å²) in [6.45, 7) is 2.26. The number of nitrogens with one attached hydrogen (secondary N) is 1. The number of amides is 1. The van der Waals surface area contributed by atoms with Crippen molar-refractivity contribution >= 4 is 44.3 Å². The Morgan fingerprint density at radius 1 is 1.36 bits per heavy atom. The average Bonchev–Trinajstić information content (AvgIpc) is 2.45. The Labute approximate surface area is 146 Å². The largest absolute Gasteiger partial charge is 0.342 e. The molecule has 1 aromatic carbocycles. The van der Waals surface area contributed by atoms with E-state index in [4.69, 9.17) is 5.73 Å². The molecule has 126 valence electrons. The summed E-state index contributed by atoms with van der Waals surface area (Å²) >= 11 is 3.24. The van der Waals surface area contributed by atoms with Crippen LogP contribution in [0.4, 0.5) is 0 Å². The zero-order valence-electron chi connectivity index (χ0n) is 12.5. The van der Waals surface area contributed by atoms with Crippen LogP contribution in [-0.2, 0) is 14.8 Å². The second kappa shape index (κ2) is 9.46. The van der Waals surface area contributed by atoms with Gasteiger partial charge in [-0.25, -0.2) is 13.1 Å². The molecule has 0 fully saturated rings. The van der Waals surface area contributed by atoms with Crippen LogP contribution in [-0.4, -0.2) is 45.4 Å². The number of nitrogens with two attached hydrogens (primary N) is 1. The lowest BCUT2D eigenvalue weighted by Gasteiger charge is -2.23. The van der Waals surface area contributed by atoms with Crippen molar-refractivity contribution < 1.29 is 13.2 Å². The van der Waals surface area contributed by atoms with Gasteiger partial charge >= 0.3 is 0 Å². The molecule has 22 heavy (non-hydrogen) atoms. The molecule has 1 rings (SSSR count). The van der Waals surface area contributed by atoms with Gasteiger partial charge in [0, 0.05) is 37.1 Å². The average molecular weight is 415 g/mol. The molecule has 0 heterocycles. The van der Waals surface area contributed by atoms with E-state index in [2.05, 4.69) is 20.7 Å². The van der Waals surface area contributed by atoms with Crippen LogP contribution >= 0.6 is 28.3 Å². The van der Waals surface area contributed by atoms with Crippen molar-refractivity contribution in [2.45, 2.75) is 24.3 Å². The fraction of sp³-hybridized carbons (Fsp3) is 0.462. The lowest BCUT2D eigenvalue weighted by atomic mass is 10.2. The van der Waals surface area contributed by atoms with E-state index in [0.29, 0.717) is 6.54 Å². The highest BCUT2D eigenvalue weighted by Gasteiger charge is 2.17. The first kappa shape index (κ1) is 21.3. The van der Waals surface area contributed by atoms with Crippen LogP contribution in [0, 0.1) is 0 Å². The second-order valence-corrected chi connectivity index (χ2v) is 7.37. The fourth-order valence-electron chi connectivity index (χ4n) is 1.57. The number of nitrogens with zero attached hydrogens (tertiary/aromatic N) is 1. The third kappa shape index (κ3) is 6.21. The number of halogens is 2. The van der Waals surface area contributed by atoms with E-state index in [1.165, 1.54) is 17.0 Å². The summed E-state index contributed by atoms with van der Waals surface area (Å²) in [6, 6.07) is 6.22. The molecule has 0 saturated heterocycles. The van der Waals surface area contributed by atoms with Crippen LogP contribution < -0.4 is 10.5 Å². The van der Waals surface area contributed by atoms with E-state index < -0.39 is 10.0 Å². The molecule has 1 amide bonds. The third-order valence-corrected chi connectivity index (χ3v) is 5.16. The molecule has 0 aromatic heterocycles. The summed E-state index contributed by atoms with van der Waals surface area (Å²) in [4.78, 5) is 13.5. The molecule has 0 aliphatic carbocycles. The number of carbonyl (C=O) groups is 1. The Morgan fingerprint density at radius 2 is 1.91 bits per heavy atom. The number of likely N-dealkylation sites (N-methyl/N-ethyl adjacent to an activating group) is 1. The molecule has 0 radical (unpaired) electrons. The summed E-state index contributed by atoms with van der Waals surface area (Å²) < 4.78 is 27.2. The highest BCUT2D eigenvalue weighted by atomic mass is 79.9. The molecule has 1 atom stereocenters. The number of benzene rings is 1. The zero-order valence-corrected chi connectivity index (χ0v) is 15.7. The second-order valence-electron chi connectivity index (χ2n) is 4.69. The molecule has 3 N–H and O–H groups in total. The lowest BCUT2D eigenvalue weighted by Crippen LogP contribution is -2.41. The van der Waals surface area contributed by atoms with E-state index in [9.17, 15) is 13.2 Å². The van der Waals surface area contributed by atoms with Gasteiger partial charge in [-0.1, -0.05) is 15.9 Å². The van der Waals surface area contributed by atoms with Crippen LogP contribution in [0.3, 0.4) is 0 Å². The van der Waals surface area contributed by atoms with Crippen molar-refractivity contribution in [3.63, 3.8) is 0 Å². The minimum atomic E-state index is -3.59. The molecular weight excluding hydrogens is 394 g/mol. The molecule has 0 spiro atoms. The molecule has 0 saturated carbocycles. The smallest absolute Gasteiger partial charge is 0.240 e. The van der Waals surface area contributed by atoms with E-state index in [1.807, 2.05) is 6.92 Å². The minimum Gasteiger partial charge on any atom is -0.342 e. The number of hydrogen-bond donors (Lipinski definition) is 2. The summed E-state index contributed by atoms with van der Waals surface area (Å²) in [6.07, 6.45) is 0.0938. The fourth-order valence-corrected chi connectivity index (χ4v) is 2.87. The summed E-state index contributed by atoms with van der Waals surface area (Å²) in [5.41, 5.74) is 5.49. The van der Waals surface area contributed by atoms with E-state index in [0.717, 1.165) is 4.47 Å². The number of rotatable bonds is 7. The van der Waals surface area contributed by atoms with Crippen molar-refractivity contribution in [1.82, 2.24) is 9.62 Å². The molecule has 0 aliphatic heterocycles. The van der Waals surface area contributed by atoms with E-state index in [-0.39, 0.29) is 42.2 Å². The maximum absolute atomic E-state index is 12.0. The van der Waals surface area contributed by atoms with Crippen molar-refractivity contribution in [2.24, 2.45) is 5.73 Å². The normalized spacial score (nSPS) is 12.4. The standard InChI is InChI=1S/C13H20BrN3O3S.ClH/c1-10(9-15)17(2)13(18)7-8-16-21(19,20)12-5-3-11(14)4-6-12;/h3-6,10,16H,7-9,15H2,1-2H3;1H. The summed E-state index contributed by atoms with van der Waals surface area (Å²) in [5.74, 6) is -0.147. The minimum absolute atomic E-state index is 0. The SMILES string of the molecule is CC(CN)N(C)C(=O)CCNS(=O)(=O)c1ccc(Br)cc1.Cl. The quantitative estimate of drug-likeness (QED) is 0.704. The predicted molar refractivity (Wildman–Crippen MR) is 92.5 cm³/mol. The van der Waals surface area contributed by atoms with Gasteiger partial charge in [-0.3, -0.25) is 4.79 Å². The van der Waals surface area contributed by atoms with Gasteiger partial charge in [-0.2, -0.15) is 0 Å². The monoisotopic (exact) mass is 413 g/mol. The molecule has 9 heteroatoms. The molecule has 0 bridgehead atoms. The topological polar surface area (TPSA) is 92.5 Å². The van der Waals surface area contributed by atoms with Crippen molar-refractivity contribution in [3.05, 3.63) is 28.7 Å². The molecular formula is C13H21BrClN3O3S. The van der Waals surface area contributed by atoms with Crippen molar-refractivity contribution in [2.75, 3.05) is 20.1 Å². The maximum atomic E-state index is 12.0. The highest BCUT2D eigenvalue weighted by molar-refractivity contribution is 9.10. The van der Waals surface area contributed by atoms with Crippen LogP contribution in [0.25, 0.3) is 0 Å². The first-order valence-electron chi connectivity index (χ1n) is 6.49. The van der Waals surface area contributed by atoms with Gasteiger partial charge in [-0.05, 0) is 31.2 Å². The summed E-state index contributed by atoms with van der Waals surface area (Å²) in [5, 5.41) is 0. The Bertz CT molecular complexity index is 581. The number of carbonyl (C=O) groups excluding carboxylic acids is 1. The van der Waals surface area contributed by atoms with Gasteiger partial charge in [0.15, 0.2) is 0 Å². The van der Waals surface area contributed by atoms with Crippen LogP contribution in [0.5, 0.6) is 0 Å². The Kier molecular flexibility index (Phi) is 9.18. The lowest BCUT2D eigenvalue weighted by molar-refractivity contribution is -0.131. The van der Waals surface area contributed by atoms with Gasteiger partial charge in [-0.15, -0.1) is 12.4 Å². The van der Waals surface area contributed by atoms with Gasteiger partial charge in [0.25, 0.3) is 0 Å². The first-order chi connectivity index (χ1) is 9.77. The van der Waals surface area contributed by atoms with Gasteiger partial charge < -0.3 is 10.6 Å². The Morgan fingerprint density at radius 3 is 2.41 bits per heavy atom. The maximum Gasteiger partial charge on any atom is 0.240 e. The zero-order chi connectivity index (χ0) is 16.0. The predicted octanol–water partition coefficient (Wildman–Crippen LogP) is 1.34. The first-order valence-corrected chi connectivity index (χ1v) is 8.76. The van der Waals surface area contributed by atoms with Crippen molar-refractivity contribution in [3.8, 4) is 0 Å². The third-order valence-electron chi connectivity index (χ3n) is 3.15. The van der Waals surface area contributed by atoms with Gasteiger partial charge in [0.05, 0.1) is 4.90 Å². The summed E-state index contributed by atoms with van der Waals surface area (Å²) in [7, 11) is -1.93. The van der Waals surface area contributed by atoms with Crippen LogP contribution in [0.2, 0.25) is 0 Å². The van der Waals surface area contributed by atoms with Crippen molar-refractivity contribution in [1.29, 1.82) is 0 Å². The van der Waals surface area contributed by atoms with E-state index in [1.54, 1.807) is 19.2 Å². The van der Waals surface area contributed by atoms with Crippen LogP contribution in [0.1, 0.15) is 13.3 Å². The molecule has 0 aliphatic rings. The van der Waals surface area contributed by atoms with Gasteiger partial charge in [0.1, 0.15) is 0 Å². The Balaban J connectivity index is 0.00000441. The molecule has 1 unspecified atom stereocenters. The number of hydrogen-bond acceptors (Lipinski definition) is 4. The molecule has 6 nitrogen and oxygen atoms in total. The van der Waals surface area contributed by atoms with Gasteiger partial charge in [0.2, 0.25) is 15.9 Å².